The summed E-state index contributed by atoms with van der Waals surface area (Å²) >= 11 is 5.49. The topological polar surface area (TPSA) is 62.7 Å². The predicted molar refractivity (Wildman–Crippen MR) is 46.8 cm³/mol. The number of hydrogen-bond donors (Lipinski definition) is 1. The third kappa shape index (κ3) is 1.97. The van der Waals surface area contributed by atoms with Gasteiger partial charge in [-0.15, -0.1) is 0 Å². The van der Waals surface area contributed by atoms with Gasteiger partial charge < -0.3 is 5.73 Å². The van der Waals surface area contributed by atoms with Crippen molar-refractivity contribution >= 4 is 11.6 Å². The first-order valence-corrected chi connectivity index (χ1v) is 4.05. The van der Waals surface area contributed by atoms with Crippen molar-refractivity contribution in [2.24, 2.45) is 5.73 Å². The van der Waals surface area contributed by atoms with Gasteiger partial charge in [-0.1, -0.05) is 11.6 Å². The van der Waals surface area contributed by atoms with Crippen LogP contribution in [0.4, 0.5) is 8.78 Å². The average Bonchev–Trinajstić information content (AvgIpc) is 2.16. The molecule has 74 valence electrons. The molecule has 0 atom stereocenters. The summed E-state index contributed by atoms with van der Waals surface area (Å²) < 4.78 is 24.8. The van der Waals surface area contributed by atoms with Crippen LogP contribution >= 0.6 is 11.6 Å². The van der Waals surface area contributed by atoms with E-state index in [-0.39, 0.29) is 22.8 Å². The first-order valence-electron chi connectivity index (χ1n) is 3.67. The molecule has 0 amide bonds. The molecule has 6 heteroatoms. The maximum Gasteiger partial charge on any atom is 0.281 e. The van der Waals surface area contributed by atoms with E-state index in [0.717, 1.165) is 0 Å². The molecule has 0 saturated carbocycles. The van der Waals surface area contributed by atoms with E-state index in [4.69, 9.17) is 22.6 Å². The van der Waals surface area contributed by atoms with Gasteiger partial charge in [0.05, 0.1) is 5.56 Å². The minimum atomic E-state index is -2.83. The number of nitrogens with two attached hydrogens (primary N) is 1. The fourth-order valence-electron chi connectivity index (χ4n) is 1.03. The third-order valence-corrected chi connectivity index (χ3v) is 1.83. The highest BCUT2D eigenvalue weighted by Crippen LogP contribution is 2.25. The number of hydrogen-bond acceptors (Lipinski definition) is 3. The van der Waals surface area contributed by atoms with E-state index >= 15 is 0 Å². The first kappa shape index (κ1) is 10.8. The Morgan fingerprint density at radius 2 is 2.29 bits per heavy atom. The summed E-state index contributed by atoms with van der Waals surface area (Å²) in [6, 6.07) is 2.95. The number of halogens is 3. The lowest BCUT2D eigenvalue weighted by atomic mass is 10.1. The highest BCUT2D eigenvalue weighted by Gasteiger charge is 2.18. The Bertz CT molecular complexity index is 387. The molecule has 0 saturated heterocycles. The lowest BCUT2D eigenvalue weighted by Gasteiger charge is -2.06. The number of aromatic nitrogens is 1. The molecular weight excluding hydrogens is 212 g/mol. The molecule has 0 aliphatic rings. The van der Waals surface area contributed by atoms with Crippen LogP contribution in [0.25, 0.3) is 0 Å². The summed E-state index contributed by atoms with van der Waals surface area (Å²) in [6.45, 7) is -0.0230. The number of nitrogens with zero attached hydrogens (tertiary/aromatic N) is 2. The molecule has 1 rings (SSSR count). The van der Waals surface area contributed by atoms with E-state index < -0.39 is 12.1 Å². The monoisotopic (exact) mass is 217 g/mol. The van der Waals surface area contributed by atoms with Gasteiger partial charge in [-0.2, -0.15) is 5.26 Å². The molecule has 2 N–H and O–H groups in total. The Morgan fingerprint density at radius 1 is 1.64 bits per heavy atom. The summed E-state index contributed by atoms with van der Waals surface area (Å²) in [5, 5.41) is 8.56. The normalized spacial score (nSPS) is 10.3. The number of nitriles is 1. The van der Waals surface area contributed by atoms with Gasteiger partial charge in [0.1, 0.15) is 16.9 Å². The van der Waals surface area contributed by atoms with Gasteiger partial charge in [0.25, 0.3) is 6.43 Å². The second-order valence-electron chi connectivity index (χ2n) is 2.48. The first-order chi connectivity index (χ1) is 6.60. The van der Waals surface area contributed by atoms with Crippen molar-refractivity contribution in [2.45, 2.75) is 13.0 Å². The minimum absolute atomic E-state index is 0.0230. The standard InChI is InChI=1S/C8H6ClF2N3/c9-6-1-4(2-12)5(3-13)7(14-6)8(10)11/h1,8H,2,12H2. The van der Waals surface area contributed by atoms with Crippen molar-refractivity contribution in [2.75, 3.05) is 0 Å². The van der Waals surface area contributed by atoms with E-state index in [1.54, 1.807) is 6.07 Å². The Hall–Kier alpha value is -1.25. The van der Waals surface area contributed by atoms with Gasteiger partial charge in [0.2, 0.25) is 0 Å². The Morgan fingerprint density at radius 3 is 2.71 bits per heavy atom. The number of pyridine rings is 1. The Balaban J connectivity index is 3.41. The molecule has 0 radical (unpaired) electrons. The Kier molecular flexibility index (Phi) is 3.33. The molecule has 0 aromatic carbocycles. The van der Waals surface area contributed by atoms with Gasteiger partial charge in [-0.05, 0) is 11.6 Å². The van der Waals surface area contributed by atoms with Crippen LogP contribution in [0, 0.1) is 11.3 Å². The zero-order valence-corrected chi connectivity index (χ0v) is 7.72. The Labute approximate surface area is 84.1 Å². The van der Waals surface area contributed by atoms with Crippen LogP contribution in [0.1, 0.15) is 23.2 Å². The van der Waals surface area contributed by atoms with Crippen LogP contribution in [-0.2, 0) is 6.54 Å². The zero-order chi connectivity index (χ0) is 10.7. The van der Waals surface area contributed by atoms with Crippen LogP contribution in [0.15, 0.2) is 6.07 Å². The van der Waals surface area contributed by atoms with Crippen molar-refractivity contribution in [3.63, 3.8) is 0 Å². The molecule has 0 aliphatic carbocycles. The van der Waals surface area contributed by atoms with E-state index in [2.05, 4.69) is 4.98 Å². The largest absolute Gasteiger partial charge is 0.326 e. The number of alkyl halides is 2. The molecule has 0 aliphatic heterocycles. The van der Waals surface area contributed by atoms with Crippen LogP contribution in [0.5, 0.6) is 0 Å². The summed E-state index contributed by atoms with van der Waals surface area (Å²) in [4.78, 5) is 3.39. The van der Waals surface area contributed by atoms with Crippen LogP contribution in [-0.4, -0.2) is 4.98 Å². The summed E-state index contributed by atoms with van der Waals surface area (Å²) in [6.07, 6.45) is -2.83. The van der Waals surface area contributed by atoms with Gasteiger partial charge in [-0.25, -0.2) is 13.8 Å². The lowest BCUT2D eigenvalue weighted by Crippen LogP contribution is -2.05. The molecule has 14 heavy (non-hydrogen) atoms. The van der Waals surface area contributed by atoms with Crippen LogP contribution < -0.4 is 5.73 Å². The van der Waals surface area contributed by atoms with Crippen molar-refractivity contribution in [1.82, 2.24) is 4.98 Å². The fourth-order valence-corrected chi connectivity index (χ4v) is 1.25. The van der Waals surface area contributed by atoms with Crippen LogP contribution in [0.3, 0.4) is 0 Å². The van der Waals surface area contributed by atoms with Crippen molar-refractivity contribution in [3.05, 3.63) is 28.0 Å². The van der Waals surface area contributed by atoms with Gasteiger partial charge in [-0.3, -0.25) is 0 Å². The van der Waals surface area contributed by atoms with E-state index in [1.165, 1.54) is 6.07 Å². The molecular formula is C8H6ClF2N3. The molecule has 1 heterocycles. The maximum atomic E-state index is 12.4. The summed E-state index contributed by atoms with van der Waals surface area (Å²) in [5.74, 6) is 0. The third-order valence-electron chi connectivity index (χ3n) is 1.64. The number of rotatable bonds is 2. The summed E-state index contributed by atoms with van der Waals surface area (Å²) in [7, 11) is 0. The minimum Gasteiger partial charge on any atom is -0.326 e. The van der Waals surface area contributed by atoms with Crippen LogP contribution in [0.2, 0.25) is 5.15 Å². The van der Waals surface area contributed by atoms with Gasteiger partial charge in [0, 0.05) is 6.54 Å². The maximum absolute atomic E-state index is 12.4. The summed E-state index contributed by atoms with van der Waals surface area (Å²) in [5.41, 5.74) is 4.76. The lowest BCUT2D eigenvalue weighted by molar-refractivity contribution is 0.145. The van der Waals surface area contributed by atoms with Gasteiger partial charge in [0.15, 0.2) is 0 Å². The zero-order valence-electron chi connectivity index (χ0n) is 6.97. The smallest absolute Gasteiger partial charge is 0.281 e. The molecule has 0 fully saturated rings. The molecule has 3 nitrogen and oxygen atoms in total. The van der Waals surface area contributed by atoms with E-state index in [9.17, 15) is 8.78 Å². The van der Waals surface area contributed by atoms with Crippen molar-refractivity contribution in [3.8, 4) is 6.07 Å². The molecule has 0 unspecified atom stereocenters. The van der Waals surface area contributed by atoms with E-state index in [0.29, 0.717) is 0 Å². The molecule has 0 bridgehead atoms. The van der Waals surface area contributed by atoms with E-state index in [1.807, 2.05) is 0 Å². The SMILES string of the molecule is N#Cc1c(CN)cc(Cl)nc1C(F)F. The predicted octanol–water partition coefficient (Wildman–Crippen LogP) is 2.00. The second-order valence-corrected chi connectivity index (χ2v) is 2.87. The molecule has 1 aromatic heterocycles. The quantitative estimate of drug-likeness (QED) is 0.771. The van der Waals surface area contributed by atoms with Crippen molar-refractivity contribution in [1.29, 1.82) is 5.26 Å². The highest BCUT2D eigenvalue weighted by molar-refractivity contribution is 6.29. The average molecular weight is 218 g/mol. The molecule has 1 aromatic rings. The van der Waals surface area contributed by atoms with Gasteiger partial charge >= 0.3 is 0 Å². The molecule has 0 spiro atoms. The fraction of sp³-hybridized carbons (Fsp3) is 0.250. The van der Waals surface area contributed by atoms with Crippen molar-refractivity contribution < 1.29 is 8.78 Å². The highest BCUT2D eigenvalue weighted by atomic mass is 35.5. The second kappa shape index (κ2) is 4.31.